The van der Waals surface area contributed by atoms with Crippen molar-refractivity contribution in [3.63, 3.8) is 0 Å². The van der Waals surface area contributed by atoms with Crippen LogP contribution in [0.4, 0.5) is 0 Å². The molecule has 0 saturated heterocycles. The number of esters is 1. The van der Waals surface area contributed by atoms with Gasteiger partial charge in [-0.3, -0.25) is 4.79 Å². The predicted molar refractivity (Wildman–Crippen MR) is 47.0 cm³/mol. The molecule has 0 fully saturated rings. The molecular formula is C9H12N2O2. The minimum absolute atomic E-state index is 0.175. The fraction of sp³-hybridized carbons (Fsp3) is 0.444. The van der Waals surface area contributed by atoms with E-state index in [1.54, 1.807) is 19.3 Å². The number of rotatable bonds is 4. The maximum Gasteiger partial charge on any atom is 0.306 e. The SMILES string of the molecule is CCOC(=O)CCc1cncnc1. The first-order chi connectivity index (χ1) is 6.33. The van der Waals surface area contributed by atoms with E-state index in [4.69, 9.17) is 4.74 Å². The van der Waals surface area contributed by atoms with Gasteiger partial charge in [-0.25, -0.2) is 9.97 Å². The first-order valence-corrected chi connectivity index (χ1v) is 4.22. The Morgan fingerprint density at radius 1 is 1.46 bits per heavy atom. The molecule has 0 spiro atoms. The first kappa shape index (κ1) is 9.64. The minimum Gasteiger partial charge on any atom is -0.466 e. The molecule has 0 aromatic carbocycles. The van der Waals surface area contributed by atoms with Gasteiger partial charge in [0.2, 0.25) is 0 Å². The zero-order chi connectivity index (χ0) is 9.52. The molecule has 1 heterocycles. The molecule has 0 atom stereocenters. The Balaban J connectivity index is 2.31. The van der Waals surface area contributed by atoms with E-state index in [1.807, 2.05) is 0 Å². The second-order valence-corrected chi connectivity index (χ2v) is 2.55. The molecule has 1 rings (SSSR count). The fourth-order valence-electron chi connectivity index (χ4n) is 0.939. The standard InChI is InChI=1S/C9H12N2O2/c1-2-13-9(12)4-3-8-5-10-7-11-6-8/h5-7H,2-4H2,1H3. The van der Waals surface area contributed by atoms with E-state index < -0.39 is 0 Å². The van der Waals surface area contributed by atoms with Crippen LogP contribution in [0.5, 0.6) is 0 Å². The van der Waals surface area contributed by atoms with Crippen molar-refractivity contribution in [2.45, 2.75) is 19.8 Å². The summed E-state index contributed by atoms with van der Waals surface area (Å²) < 4.78 is 4.78. The Morgan fingerprint density at radius 2 is 2.15 bits per heavy atom. The van der Waals surface area contributed by atoms with Crippen molar-refractivity contribution < 1.29 is 9.53 Å². The van der Waals surface area contributed by atoms with Crippen LogP contribution in [-0.4, -0.2) is 22.5 Å². The van der Waals surface area contributed by atoms with Crippen molar-refractivity contribution in [1.82, 2.24) is 9.97 Å². The van der Waals surface area contributed by atoms with Crippen LogP contribution in [0, 0.1) is 0 Å². The summed E-state index contributed by atoms with van der Waals surface area (Å²) in [6.07, 6.45) is 5.90. The molecule has 70 valence electrons. The van der Waals surface area contributed by atoms with Crippen LogP contribution in [0.2, 0.25) is 0 Å². The summed E-state index contributed by atoms with van der Waals surface area (Å²) in [5.41, 5.74) is 0.954. The molecule has 0 saturated carbocycles. The zero-order valence-electron chi connectivity index (χ0n) is 7.56. The lowest BCUT2D eigenvalue weighted by Gasteiger charge is -2.00. The third-order valence-electron chi connectivity index (χ3n) is 1.54. The van der Waals surface area contributed by atoms with Gasteiger partial charge in [0.25, 0.3) is 0 Å². The summed E-state index contributed by atoms with van der Waals surface area (Å²) in [5, 5.41) is 0. The Hall–Kier alpha value is -1.45. The summed E-state index contributed by atoms with van der Waals surface area (Å²) in [7, 11) is 0. The summed E-state index contributed by atoms with van der Waals surface area (Å²) >= 11 is 0. The molecule has 0 aliphatic rings. The predicted octanol–water partition coefficient (Wildman–Crippen LogP) is 0.972. The number of hydrogen-bond acceptors (Lipinski definition) is 4. The summed E-state index contributed by atoms with van der Waals surface area (Å²) in [6, 6.07) is 0. The molecule has 1 aromatic heterocycles. The highest BCUT2D eigenvalue weighted by Crippen LogP contribution is 1.99. The molecule has 1 aromatic rings. The molecule has 0 radical (unpaired) electrons. The smallest absolute Gasteiger partial charge is 0.306 e. The lowest BCUT2D eigenvalue weighted by atomic mass is 10.2. The molecule has 13 heavy (non-hydrogen) atoms. The van der Waals surface area contributed by atoms with Crippen LogP contribution < -0.4 is 0 Å². The van der Waals surface area contributed by atoms with Gasteiger partial charge in [0.15, 0.2) is 0 Å². The van der Waals surface area contributed by atoms with Crippen molar-refractivity contribution in [3.05, 3.63) is 24.3 Å². The average Bonchev–Trinajstić information content (AvgIpc) is 2.17. The van der Waals surface area contributed by atoms with E-state index in [0.717, 1.165) is 5.56 Å². The van der Waals surface area contributed by atoms with E-state index in [1.165, 1.54) is 6.33 Å². The van der Waals surface area contributed by atoms with E-state index in [2.05, 4.69) is 9.97 Å². The number of carbonyl (C=O) groups is 1. The van der Waals surface area contributed by atoms with Gasteiger partial charge >= 0.3 is 5.97 Å². The van der Waals surface area contributed by atoms with Crippen molar-refractivity contribution in [2.75, 3.05) is 6.61 Å². The van der Waals surface area contributed by atoms with Gasteiger partial charge in [-0.05, 0) is 18.9 Å². The van der Waals surface area contributed by atoms with Gasteiger partial charge < -0.3 is 4.74 Å². The van der Waals surface area contributed by atoms with Crippen LogP contribution in [-0.2, 0) is 16.0 Å². The number of carbonyl (C=O) groups excluding carboxylic acids is 1. The van der Waals surface area contributed by atoms with Crippen LogP contribution in [0.1, 0.15) is 18.9 Å². The highest BCUT2D eigenvalue weighted by atomic mass is 16.5. The monoisotopic (exact) mass is 180 g/mol. The number of ether oxygens (including phenoxy) is 1. The Kier molecular flexibility index (Phi) is 3.88. The van der Waals surface area contributed by atoms with Crippen LogP contribution in [0.3, 0.4) is 0 Å². The average molecular weight is 180 g/mol. The van der Waals surface area contributed by atoms with Crippen molar-refractivity contribution >= 4 is 5.97 Å². The third-order valence-corrected chi connectivity index (χ3v) is 1.54. The third kappa shape index (κ3) is 3.64. The lowest BCUT2D eigenvalue weighted by molar-refractivity contribution is -0.143. The Bertz CT molecular complexity index is 262. The Labute approximate surface area is 77.0 Å². The maximum absolute atomic E-state index is 11.0. The van der Waals surface area contributed by atoms with Gasteiger partial charge in [-0.2, -0.15) is 0 Å². The van der Waals surface area contributed by atoms with Crippen molar-refractivity contribution in [3.8, 4) is 0 Å². The summed E-state index contributed by atoms with van der Waals surface area (Å²) in [5.74, 6) is -0.175. The van der Waals surface area contributed by atoms with Gasteiger partial charge in [0, 0.05) is 18.8 Å². The molecule has 0 bridgehead atoms. The van der Waals surface area contributed by atoms with E-state index in [9.17, 15) is 4.79 Å². The van der Waals surface area contributed by atoms with Gasteiger partial charge in [-0.15, -0.1) is 0 Å². The Morgan fingerprint density at radius 3 is 2.77 bits per heavy atom. The van der Waals surface area contributed by atoms with Crippen LogP contribution in [0.25, 0.3) is 0 Å². The van der Waals surface area contributed by atoms with E-state index in [-0.39, 0.29) is 5.97 Å². The van der Waals surface area contributed by atoms with Gasteiger partial charge in [0.1, 0.15) is 6.33 Å². The minimum atomic E-state index is -0.175. The van der Waals surface area contributed by atoms with Crippen molar-refractivity contribution in [2.24, 2.45) is 0 Å². The molecule has 0 amide bonds. The zero-order valence-corrected chi connectivity index (χ0v) is 7.56. The molecule has 4 nitrogen and oxygen atoms in total. The lowest BCUT2D eigenvalue weighted by Crippen LogP contribution is -2.05. The molecule has 0 unspecified atom stereocenters. The number of hydrogen-bond donors (Lipinski definition) is 0. The molecule has 0 aliphatic heterocycles. The number of aromatic nitrogens is 2. The van der Waals surface area contributed by atoms with Crippen LogP contribution in [0.15, 0.2) is 18.7 Å². The van der Waals surface area contributed by atoms with E-state index >= 15 is 0 Å². The second-order valence-electron chi connectivity index (χ2n) is 2.55. The molecule has 0 N–H and O–H groups in total. The molecule has 0 aliphatic carbocycles. The highest BCUT2D eigenvalue weighted by Gasteiger charge is 2.01. The summed E-state index contributed by atoms with van der Waals surface area (Å²) in [4.78, 5) is 18.6. The topological polar surface area (TPSA) is 52.1 Å². The quantitative estimate of drug-likeness (QED) is 0.648. The van der Waals surface area contributed by atoms with Gasteiger partial charge in [0.05, 0.1) is 6.61 Å². The largest absolute Gasteiger partial charge is 0.466 e. The fourth-order valence-corrected chi connectivity index (χ4v) is 0.939. The van der Waals surface area contributed by atoms with Crippen molar-refractivity contribution in [1.29, 1.82) is 0 Å². The number of aryl methyl sites for hydroxylation is 1. The highest BCUT2D eigenvalue weighted by molar-refractivity contribution is 5.69. The van der Waals surface area contributed by atoms with Gasteiger partial charge in [-0.1, -0.05) is 0 Å². The summed E-state index contributed by atoms with van der Waals surface area (Å²) in [6.45, 7) is 2.23. The molecular weight excluding hydrogens is 168 g/mol. The maximum atomic E-state index is 11.0. The molecule has 4 heteroatoms. The second kappa shape index (κ2) is 5.24. The van der Waals surface area contributed by atoms with Crippen LogP contribution >= 0.6 is 0 Å². The normalized spacial score (nSPS) is 9.62. The van der Waals surface area contributed by atoms with E-state index in [0.29, 0.717) is 19.4 Å². The first-order valence-electron chi connectivity index (χ1n) is 4.22. The number of nitrogens with zero attached hydrogens (tertiary/aromatic N) is 2.